The molecule has 8 heteroatoms. The molecule has 0 radical (unpaired) electrons. The highest BCUT2D eigenvalue weighted by molar-refractivity contribution is 7.11. The molecule has 2 atom stereocenters. The summed E-state index contributed by atoms with van der Waals surface area (Å²) in [7, 11) is 0. The Hall–Kier alpha value is -2.45. The second kappa shape index (κ2) is 7.41. The van der Waals surface area contributed by atoms with E-state index in [0.717, 1.165) is 0 Å². The van der Waals surface area contributed by atoms with Crippen LogP contribution in [-0.4, -0.2) is 42.2 Å². The molecule has 24 heavy (non-hydrogen) atoms. The number of nitrogens with one attached hydrogen (secondary N) is 1. The van der Waals surface area contributed by atoms with Crippen LogP contribution < -0.4 is 15.8 Å². The number of thiazole rings is 1. The topological polar surface area (TPSA) is 104 Å². The summed E-state index contributed by atoms with van der Waals surface area (Å²) >= 11 is 1.29. The van der Waals surface area contributed by atoms with E-state index in [1.54, 1.807) is 29.8 Å². The molecule has 0 spiro atoms. The molecule has 0 aliphatic carbocycles. The van der Waals surface area contributed by atoms with E-state index in [1.807, 2.05) is 0 Å². The minimum atomic E-state index is -0.489. The molecule has 3 rings (SSSR count). The third kappa shape index (κ3) is 3.90. The van der Waals surface area contributed by atoms with Crippen molar-refractivity contribution in [1.29, 1.82) is 0 Å². The predicted molar refractivity (Wildman–Crippen MR) is 88.2 cm³/mol. The first-order valence-electron chi connectivity index (χ1n) is 7.47. The van der Waals surface area contributed by atoms with E-state index in [4.69, 9.17) is 15.2 Å². The lowest BCUT2D eigenvalue weighted by molar-refractivity contribution is -0.0134. The number of rotatable bonds is 5. The smallest absolute Gasteiger partial charge is 0.263 e. The molecule has 7 nitrogen and oxygen atoms in total. The van der Waals surface area contributed by atoms with Crippen LogP contribution in [0.25, 0.3) is 0 Å². The monoisotopic (exact) mass is 347 g/mol. The fourth-order valence-electron chi connectivity index (χ4n) is 2.43. The number of benzene rings is 1. The lowest BCUT2D eigenvalue weighted by Gasteiger charge is -2.32. The van der Waals surface area contributed by atoms with Crippen LogP contribution in [0, 0.1) is 0 Å². The van der Waals surface area contributed by atoms with Gasteiger partial charge in [-0.1, -0.05) is 0 Å². The average molecular weight is 347 g/mol. The molecule has 0 saturated carbocycles. The van der Waals surface area contributed by atoms with Crippen LogP contribution in [0.2, 0.25) is 0 Å². The largest absolute Gasteiger partial charge is 0.486 e. The van der Waals surface area contributed by atoms with E-state index < -0.39 is 5.91 Å². The summed E-state index contributed by atoms with van der Waals surface area (Å²) in [6, 6.07) is 6.40. The normalized spacial score (nSPS) is 20.3. The Labute approximate surface area is 142 Å². The highest BCUT2D eigenvalue weighted by Gasteiger charge is 2.29. The molecule has 1 fully saturated rings. The van der Waals surface area contributed by atoms with Crippen molar-refractivity contribution >= 4 is 23.2 Å². The van der Waals surface area contributed by atoms with Crippen molar-refractivity contribution in [3.05, 3.63) is 46.4 Å². The molecular weight excluding hydrogens is 330 g/mol. The average Bonchev–Trinajstić information content (AvgIpc) is 3.12. The number of ether oxygens (including phenoxy) is 2. The van der Waals surface area contributed by atoms with Gasteiger partial charge in [0, 0.05) is 12.2 Å². The van der Waals surface area contributed by atoms with Gasteiger partial charge in [-0.25, -0.2) is 0 Å². The van der Waals surface area contributed by atoms with E-state index in [1.165, 1.54) is 17.5 Å². The SMILES string of the molecule is NC(=O)c1ccc(O[C@@H]2COCC[C@H]2NC(=O)c2cncs2)cc1. The first kappa shape index (κ1) is 16.4. The van der Waals surface area contributed by atoms with Crippen LogP contribution in [0.5, 0.6) is 5.75 Å². The van der Waals surface area contributed by atoms with Gasteiger partial charge in [-0.2, -0.15) is 0 Å². The number of nitrogens with two attached hydrogens (primary N) is 1. The van der Waals surface area contributed by atoms with E-state index in [2.05, 4.69) is 10.3 Å². The number of aromatic nitrogens is 1. The number of primary amides is 1. The fourth-order valence-corrected chi connectivity index (χ4v) is 2.96. The van der Waals surface area contributed by atoms with Gasteiger partial charge >= 0.3 is 0 Å². The van der Waals surface area contributed by atoms with Crippen molar-refractivity contribution in [2.75, 3.05) is 13.2 Å². The third-order valence-corrected chi connectivity index (χ3v) is 4.47. The van der Waals surface area contributed by atoms with Crippen molar-refractivity contribution in [2.45, 2.75) is 18.6 Å². The lowest BCUT2D eigenvalue weighted by Crippen LogP contribution is -2.51. The van der Waals surface area contributed by atoms with Gasteiger partial charge in [0.05, 0.1) is 24.4 Å². The molecule has 1 aromatic carbocycles. The van der Waals surface area contributed by atoms with Crippen molar-refractivity contribution in [3.8, 4) is 5.75 Å². The molecule has 1 aliphatic heterocycles. The third-order valence-electron chi connectivity index (χ3n) is 3.70. The fraction of sp³-hybridized carbons (Fsp3) is 0.312. The number of carbonyl (C=O) groups excluding carboxylic acids is 2. The molecule has 2 aromatic rings. The summed E-state index contributed by atoms with van der Waals surface area (Å²) in [5, 5.41) is 2.97. The highest BCUT2D eigenvalue weighted by atomic mass is 32.1. The van der Waals surface area contributed by atoms with Crippen LogP contribution in [-0.2, 0) is 4.74 Å². The lowest BCUT2D eigenvalue weighted by atomic mass is 10.1. The second-order valence-corrected chi connectivity index (χ2v) is 6.24. The first-order chi connectivity index (χ1) is 11.6. The van der Waals surface area contributed by atoms with Gasteiger partial charge in [0.2, 0.25) is 5.91 Å². The zero-order valence-electron chi connectivity index (χ0n) is 12.8. The maximum Gasteiger partial charge on any atom is 0.263 e. The minimum absolute atomic E-state index is 0.163. The van der Waals surface area contributed by atoms with E-state index in [-0.39, 0.29) is 18.1 Å². The van der Waals surface area contributed by atoms with E-state index >= 15 is 0 Å². The Bertz CT molecular complexity index is 703. The van der Waals surface area contributed by atoms with Gasteiger partial charge in [0.25, 0.3) is 5.91 Å². The Morgan fingerprint density at radius 2 is 2.12 bits per heavy atom. The maximum absolute atomic E-state index is 12.2. The van der Waals surface area contributed by atoms with Gasteiger partial charge in [0.1, 0.15) is 16.7 Å². The van der Waals surface area contributed by atoms with Gasteiger partial charge in [-0.05, 0) is 30.7 Å². The van der Waals surface area contributed by atoms with Crippen molar-refractivity contribution in [3.63, 3.8) is 0 Å². The molecule has 0 bridgehead atoms. The van der Waals surface area contributed by atoms with Crippen LogP contribution in [0.4, 0.5) is 0 Å². The Balaban J connectivity index is 1.65. The number of carbonyl (C=O) groups is 2. The molecule has 0 unspecified atom stereocenters. The first-order valence-corrected chi connectivity index (χ1v) is 8.35. The molecule has 2 heterocycles. The van der Waals surface area contributed by atoms with Crippen LogP contribution >= 0.6 is 11.3 Å². The van der Waals surface area contributed by atoms with Crippen LogP contribution in [0.3, 0.4) is 0 Å². The summed E-state index contributed by atoms with van der Waals surface area (Å²) in [5.74, 6) is -0.0631. The second-order valence-electron chi connectivity index (χ2n) is 5.35. The summed E-state index contributed by atoms with van der Waals surface area (Å²) in [6.45, 7) is 0.944. The molecular formula is C16H17N3O4S. The summed E-state index contributed by atoms with van der Waals surface area (Å²) < 4.78 is 11.4. The molecule has 2 amide bonds. The van der Waals surface area contributed by atoms with Gasteiger partial charge in [-0.3, -0.25) is 14.6 Å². The van der Waals surface area contributed by atoms with Crippen LogP contribution in [0.1, 0.15) is 26.5 Å². The van der Waals surface area contributed by atoms with E-state index in [0.29, 0.717) is 35.8 Å². The molecule has 1 aliphatic rings. The maximum atomic E-state index is 12.2. The molecule has 1 aromatic heterocycles. The van der Waals surface area contributed by atoms with Crippen molar-refractivity contribution in [1.82, 2.24) is 10.3 Å². The van der Waals surface area contributed by atoms with Crippen LogP contribution in [0.15, 0.2) is 36.0 Å². The number of hydrogen-bond acceptors (Lipinski definition) is 6. The zero-order valence-corrected chi connectivity index (χ0v) is 13.6. The number of nitrogens with zero attached hydrogens (tertiary/aromatic N) is 1. The number of hydrogen-bond donors (Lipinski definition) is 2. The zero-order chi connectivity index (χ0) is 16.9. The predicted octanol–water partition coefficient (Wildman–Crippen LogP) is 1.21. The minimum Gasteiger partial charge on any atom is -0.486 e. The highest BCUT2D eigenvalue weighted by Crippen LogP contribution is 2.19. The van der Waals surface area contributed by atoms with E-state index in [9.17, 15) is 9.59 Å². The standard InChI is InChI=1S/C16H17N3O4S/c17-15(20)10-1-3-11(4-2-10)23-13-8-22-6-5-12(13)19-16(21)14-7-18-9-24-14/h1-4,7,9,12-13H,5-6,8H2,(H2,17,20)(H,19,21)/t12-,13-/m1/s1. The summed E-state index contributed by atoms with van der Waals surface area (Å²) in [6.07, 6.45) is 1.89. The quantitative estimate of drug-likeness (QED) is 0.846. The van der Waals surface area contributed by atoms with Gasteiger partial charge in [-0.15, -0.1) is 11.3 Å². The molecule has 1 saturated heterocycles. The summed E-state index contributed by atoms with van der Waals surface area (Å²) in [5.41, 5.74) is 7.25. The van der Waals surface area contributed by atoms with Crippen molar-refractivity contribution in [2.24, 2.45) is 5.73 Å². The Kier molecular flexibility index (Phi) is 5.07. The van der Waals surface area contributed by atoms with Gasteiger partial charge in [0.15, 0.2) is 0 Å². The van der Waals surface area contributed by atoms with Gasteiger partial charge < -0.3 is 20.5 Å². The summed E-state index contributed by atoms with van der Waals surface area (Å²) in [4.78, 5) is 27.8. The number of amides is 2. The Morgan fingerprint density at radius 1 is 1.33 bits per heavy atom. The molecule has 126 valence electrons. The molecule has 3 N–H and O–H groups in total. The van der Waals surface area contributed by atoms with Crippen molar-refractivity contribution < 1.29 is 19.1 Å². The Morgan fingerprint density at radius 3 is 2.79 bits per heavy atom.